The van der Waals surface area contributed by atoms with Crippen LogP contribution in [0, 0.1) is 0 Å². The number of amides is 1. The van der Waals surface area contributed by atoms with E-state index in [1.807, 2.05) is 6.07 Å². The number of fused-ring (bicyclic) bond motifs is 1. The molecule has 88 valence electrons. The highest BCUT2D eigenvalue weighted by Crippen LogP contribution is 2.19. The van der Waals surface area contributed by atoms with Gasteiger partial charge in [0, 0.05) is 12.2 Å². The Morgan fingerprint density at radius 3 is 3.18 bits per heavy atom. The number of nitrogens with two attached hydrogens (primary N) is 1. The first-order chi connectivity index (χ1) is 8.24. The van der Waals surface area contributed by atoms with Gasteiger partial charge in [-0.3, -0.25) is 9.78 Å². The molecule has 0 radical (unpaired) electrons. The van der Waals surface area contributed by atoms with E-state index in [-0.39, 0.29) is 12.5 Å². The van der Waals surface area contributed by atoms with E-state index in [1.54, 1.807) is 17.0 Å². The van der Waals surface area contributed by atoms with Crippen LogP contribution < -0.4 is 11.1 Å². The van der Waals surface area contributed by atoms with Crippen LogP contribution in [0.1, 0.15) is 12.8 Å². The highest BCUT2D eigenvalue weighted by molar-refractivity contribution is 5.82. The molecule has 2 aromatic rings. The van der Waals surface area contributed by atoms with Crippen LogP contribution >= 0.6 is 0 Å². The lowest BCUT2D eigenvalue weighted by molar-refractivity contribution is -0.121. The van der Waals surface area contributed by atoms with Crippen molar-refractivity contribution in [2.45, 2.75) is 25.4 Å². The maximum atomic E-state index is 11.7. The Balaban J connectivity index is 1.87. The Hall–Kier alpha value is -2.11. The largest absolute Gasteiger partial charge is 0.369 e. The molecule has 1 amide bonds. The van der Waals surface area contributed by atoms with Gasteiger partial charge in [-0.15, -0.1) is 0 Å². The molecule has 6 nitrogen and oxygen atoms in total. The zero-order valence-corrected chi connectivity index (χ0v) is 9.26. The molecule has 0 bridgehead atoms. The third kappa shape index (κ3) is 1.93. The molecule has 6 heteroatoms. The van der Waals surface area contributed by atoms with Crippen LogP contribution in [0.25, 0.3) is 11.0 Å². The molecule has 0 saturated heterocycles. The van der Waals surface area contributed by atoms with Gasteiger partial charge >= 0.3 is 0 Å². The summed E-state index contributed by atoms with van der Waals surface area (Å²) in [7, 11) is 0. The molecule has 17 heavy (non-hydrogen) atoms. The minimum absolute atomic E-state index is 0.0182. The monoisotopic (exact) mass is 231 g/mol. The number of hydrogen-bond donors (Lipinski definition) is 2. The van der Waals surface area contributed by atoms with E-state index >= 15 is 0 Å². The average molecular weight is 231 g/mol. The number of hydrogen-bond acceptors (Lipinski definition) is 4. The second-order valence-electron chi connectivity index (χ2n) is 4.26. The summed E-state index contributed by atoms with van der Waals surface area (Å²) in [5.74, 6) is 0.328. The second-order valence-corrected chi connectivity index (χ2v) is 4.26. The molecule has 0 atom stereocenters. The molecular weight excluding hydrogens is 218 g/mol. The van der Waals surface area contributed by atoms with Crippen molar-refractivity contribution in [3.63, 3.8) is 0 Å². The summed E-state index contributed by atoms with van der Waals surface area (Å²) in [4.78, 5) is 19.9. The number of nitrogen functional groups attached to an aromatic ring is 1. The van der Waals surface area contributed by atoms with Crippen molar-refractivity contribution in [3.8, 4) is 0 Å². The van der Waals surface area contributed by atoms with Gasteiger partial charge in [-0.25, -0.2) is 4.98 Å². The minimum Gasteiger partial charge on any atom is -0.369 e. The standard InChI is InChI=1S/C11H13N5O/c12-11-15-8-5-13-4-3-9(8)16(11)6-10(17)14-7-1-2-7/h3-5,7H,1-2,6H2,(H2,12,15)(H,14,17). The third-order valence-corrected chi connectivity index (χ3v) is 2.82. The summed E-state index contributed by atoms with van der Waals surface area (Å²) in [6.45, 7) is 0.211. The van der Waals surface area contributed by atoms with Crippen molar-refractivity contribution in [1.29, 1.82) is 0 Å². The molecule has 1 saturated carbocycles. The van der Waals surface area contributed by atoms with Crippen LogP contribution in [0.4, 0.5) is 5.95 Å². The molecule has 0 aromatic carbocycles. The van der Waals surface area contributed by atoms with Gasteiger partial charge in [-0.05, 0) is 18.9 Å². The van der Waals surface area contributed by atoms with E-state index in [1.165, 1.54) is 0 Å². The summed E-state index contributed by atoms with van der Waals surface area (Å²) in [5, 5.41) is 2.93. The number of rotatable bonds is 3. The molecule has 1 aliphatic carbocycles. The first-order valence-electron chi connectivity index (χ1n) is 5.59. The normalized spacial score (nSPS) is 15.1. The fourth-order valence-electron chi connectivity index (χ4n) is 1.81. The Morgan fingerprint density at radius 1 is 1.59 bits per heavy atom. The lowest BCUT2D eigenvalue weighted by atomic mass is 10.4. The van der Waals surface area contributed by atoms with E-state index in [9.17, 15) is 4.79 Å². The van der Waals surface area contributed by atoms with Crippen LogP contribution in [0.5, 0.6) is 0 Å². The van der Waals surface area contributed by atoms with Crippen LogP contribution in [-0.4, -0.2) is 26.5 Å². The lowest BCUT2D eigenvalue weighted by Crippen LogP contribution is -2.29. The number of anilines is 1. The third-order valence-electron chi connectivity index (χ3n) is 2.82. The molecule has 0 spiro atoms. The Kier molecular flexibility index (Phi) is 2.21. The molecule has 2 heterocycles. The van der Waals surface area contributed by atoms with E-state index in [0.717, 1.165) is 18.4 Å². The Labute approximate surface area is 97.8 Å². The molecule has 2 aromatic heterocycles. The van der Waals surface area contributed by atoms with Crippen molar-refractivity contribution < 1.29 is 4.79 Å². The SMILES string of the molecule is Nc1nc2cnccc2n1CC(=O)NC1CC1. The number of carbonyl (C=O) groups excluding carboxylic acids is 1. The van der Waals surface area contributed by atoms with E-state index in [0.29, 0.717) is 17.5 Å². The molecule has 0 unspecified atom stereocenters. The van der Waals surface area contributed by atoms with Gasteiger partial charge in [-0.1, -0.05) is 0 Å². The van der Waals surface area contributed by atoms with Gasteiger partial charge in [-0.2, -0.15) is 0 Å². The summed E-state index contributed by atoms with van der Waals surface area (Å²) in [5.41, 5.74) is 7.34. The van der Waals surface area contributed by atoms with Gasteiger partial charge in [0.25, 0.3) is 0 Å². The predicted molar refractivity (Wildman–Crippen MR) is 63.1 cm³/mol. The molecule has 0 aliphatic heterocycles. The average Bonchev–Trinajstić information content (AvgIpc) is 3.05. The van der Waals surface area contributed by atoms with Crippen molar-refractivity contribution in [3.05, 3.63) is 18.5 Å². The van der Waals surface area contributed by atoms with Gasteiger partial charge in [0.15, 0.2) is 0 Å². The first-order valence-corrected chi connectivity index (χ1v) is 5.59. The first kappa shape index (κ1) is 10.1. The maximum Gasteiger partial charge on any atom is 0.240 e. The molecule has 3 N–H and O–H groups in total. The van der Waals surface area contributed by atoms with Gasteiger partial charge in [0.05, 0.1) is 11.7 Å². The van der Waals surface area contributed by atoms with Crippen LogP contribution in [0.3, 0.4) is 0 Å². The maximum absolute atomic E-state index is 11.7. The highest BCUT2D eigenvalue weighted by atomic mass is 16.2. The number of nitrogens with zero attached hydrogens (tertiary/aromatic N) is 3. The smallest absolute Gasteiger partial charge is 0.240 e. The van der Waals surface area contributed by atoms with E-state index < -0.39 is 0 Å². The number of carbonyl (C=O) groups is 1. The van der Waals surface area contributed by atoms with E-state index in [2.05, 4.69) is 15.3 Å². The lowest BCUT2D eigenvalue weighted by Gasteiger charge is -2.06. The van der Waals surface area contributed by atoms with E-state index in [4.69, 9.17) is 5.73 Å². The summed E-state index contributed by atoms with van der Waals surface area (Å²) in [6.07, 6.45) is 5.46. The molecular formula is C11H13N5O. The number of pyridine rings is 1. The minimum atomic E-state index is -0.0182. The predicted octanol–water partition coefficient (Wildman–Crippen LogP) is 0.292. The molecule has 1 aliphatic rings. The second kappa shape index (κ2) is 3.73. The van der Waals surface area contributed by atoms with Crippen molar-refractivity contribution in [1.82, 2.24) is 19.9 Å². The Bertz CT molecular complexity index is 572. The molecule has 3 rings (SSSR count). The Morgan fingerprint density at radius 2 is 2.41 bits per heavy atom. The molecule has 1 fully saturated rings. The zero-order chi connectivity index (χ0) is 11.8. The van der Waals surface area contributed by atoms with Crippen molar-refractivity contribution in [2.75, 3.05) is 5.73 Å². The topological polar surface area (TPSA) is 85.8 Å². The summed E-state index contributed by atoms with van der Waals surface area (Å²) in [6, 6.07) is 2.17. The highest BCUT2D eigenvalue weighted by Gasteiger charge is 2.23. The number of aromatic nitrogens is 3. The zero-order valence-electron chi connectivity index (χ0n) is 9.26. The van der Waals surface area contributed by atoms with Gasteiger partial charge in [0.2, 0.25) is 11.9 Å². The summed E-state index contributed by atoms with van der Waals surface area (Å²) < 4.78 is 1.70. The van der Waals surface area contributed by atoms with Crippen LogP contribution in [0.15, 0.2) is 18.5 Å². The number of nitrogens with one attached hydrogen (secondary N) is 1. The van der Waals surface area contributed by atoms with Crippen LogP contribution in [0.2, 0.25) is 0 Å². The van der Waals surface area contributed by atoms with Gasteiger partial charge in [0.1, 0.15) is 12.1 Å². The number of imidazole rings is 1. The van der Waals surface area contributed by atoms with Crippen molar-refractivity contribution in [2.24, 2.45) is 0 Å². The quantitative estimate of drug-likeness (QED) is 0.795. The van der Waals surface area contributed by atoms with Crippen molar-refractivity contribution >= 4 is 22.9 Å². The fraction of sp³-hybridized carbons (Fsp3) is 0.364. The van der Waals surface area contributed by atoms with Crippen LogP contribution in [-0.2, 0) is 11.3 Å². The summed E-state index contributed by atoms with van der Waals surface area (Å²) >= 11 is 0. The van der Waals surface area contributed by atoms with Gasteiger partial charge < -0.3 is 15.6 Å². The fourth-order valence-corrected chi connectivity index (χ4v) is 1.81.